The Balaban J connectivity index is 1.52. The molecule has 6 rings (SSSR count). The SMILES string of the molecule is C=CCOC12Oc3ccc(OC(=O)NCC)cc3C3C(CCCCO)C(CCCCO)C=C(C(=NOCc4ccccc4)CC1N(Cc1ccc(F)cc1)C(=O)CCCCCCCCCCC)C32. The predicted molar refractivity (Wildman–Crippen MR) is 265 cm³/mol. The molecule has 68 heavy (non-hydrogen) atoms. The number of hydrogen-bond acceptors (Lipinski definition) is 9. The number of unbranched alkanes of at least 4 members (excludes halogenated alkanes) is 10. The van der Waals surface area contributed by atoms with Gasteiger partial charge in [0.05, 0.1) is 18.2 Å². The number of hydrogen-bond donors (Lipinski definition) is 3. The standard InChI is InChI=1S/C56H76FN3O8/c1-4-7-8-9-10-11-12-13-17-26-52(63)60(39-41-27-29-44(57)30-28-41)51-38-49(59-66-40-42-22-15-14-16-23-42)47-36-43(24-18-20-33-61)46(25-19-21-34-62)53-48-37-45(67-55(64)58-6-3)31-32-50(48)68-56(51,54(47)53)65-35-5-2/h5,14-16,22-23,27-32,36-37,43,46,51,53-54,61-62H,2,4,6-13,17-21,24-26,33-35,38-40H2,1,3H3,(H,58,64). The van der Waals surface area contributed by atoms with E-state index in [-0.39, 0.29) is 68.9 Å². The summed E-state index contributed by atoms with van der Waals surface area (Å²) >= 11 is 0. The maximum absolute atomic E-state index is 15.2. The molecular weight excluding hydrogens is 862 g/mol. The van der Waals surface area contributed by atoms with E-state index >= 15 is 4.79 Å². The highest BCUT2D eigenvalue weighted by atomic mass is 19.1. The highest BCUT2D eigenvalue weighted by Gasteiger charge is 2.65. The molecule has 0 aromatic heterocycles. The minimum absolute atomic E-state index is 0.0171. The number of nitrogens with zero attached hydrogens (tertiary/aromatic N) is 2. The van der Waals surface area contributed by atoms with E-state index in [1.807, 2.05) is 54.3 Å². The summed E-state index contributed by atoms with van der Waals surface area (Å²) in [6.45, 7) is 9.19. The Morgan fingerprint density at radius 2 is 1.59 bits per heavy atom. The van der Waals surface area contributed by atoms with Crippen LogP contribution in [0.15, 0.2) is 102 Å². The summed E-state index contributed by atoms with van der Waals surface area (Å²) in [4.78, 5) is 36.2. The lowest BCUT2D eigenvalue weighted by molar-refractivity contribution is -0.258. The molecule has 12 heteroatoms. The van der Waals surface area contributed by atoms with E-state index in [1.54, 1.807) is 24.3 Å². The molecule has 0 radical (unpaired) electrons. The third kappa shape index (κ3) is 13.8. The summed E-state index contributed by atoms with van der Waals surface area (Å²) in [5.74, 6) is -1.83. The second kappa shape index (κ2) is 27.2. The van der Waals surface area contributed by atoms with Gasteiger partial charge in [-0.2, -0.15) is 0 Å². The van der Waals surface area contributed by atoms with E-state index in [2.05, 4.69) is 24.9 Å². The van der Waals surface area contributed by atoms with Crippen molar-refractivity contribution in [1.82, 2.24) is 10.2 Å². The third-order valence-electron chi connectivity index (χ3n) is 13.9. The van der Waals surface area contributed by atoms with Gasteiger partial charge in [0.15, 0.2) is 0 Å². The zero-order valence-corrected chi connectivity index (χ0v) is 40.6. The molecule has 1 heterocycles. The van der Waals surface area contributed by atoms with Gasteiger partial charge in [0, 0.05) is 50.6 Å². The molecule has 6 unspecified atom stereocenters. The second-order valence-corrected chi connectivity index (χ2v) is 18.7. The van der Waals surface area contributed by atoms with Crippen molar-refractivity contribution in [2.75, 3.05) is 26.4 Å². The van der Waals surface area contributed by atoms with Crippen LogP contribution < -0.4 is 14.8 Å². The number of amides is 2. The lowest BCUT2D eigenvalue weighted by Crippen LogP contribution is -2.70. The van der Waals surface area contributed by atoms with E-state index < -0.39 is 23.8 Å². The molecule has 0 saturated heterocycles. The largest absolute Gasteiger partial charge is 0.459 e. The number of nitrogens with one attached hydrogen (secondary N) is 1. The predicted octanol–water partition coefficient (Wildman–Crippen LogP) is 11.7. The summed E-state index contributed by atoms with van der Waals surface area (Å²) in [7, 11) is 0. The lowest BCUT2D eigenvalue weighted by atomic mass is 9.55. The number of rotatable bonds is 29. The molecular formula is C56H76FN3O8. The Morgan fingerprint density at radius 3 is 2.28 bits per heavy atom. The summed E-state index contributed by atoms with van der Waals surface area (Å²) in [6.07, 6.45) is 18.4. The normalized spacial score (nSPS) is 22.0. The third-order valence-corrected chi connectivity index (χ3v) is 13.9. The molecule has 3 N–H and O–H groups in total. The molecule has 2 aliphatic carbocycles. The number of ether oxygens (including phenoxy) is 3. The Hall–Kier alpha value is -5.04. The van der Waals surface area contributed by atoms with Crippen molar-refractivity contribution in [2.24, 2.45) is 22.9 Å². The lowest BCUT2D eigenvalue weighted by Gasteiger charge is -2.60. The van der Waals surface area contributed by atoms with Crippen molar-refractivity contribution < 1.29 is 43.2 Å². The molecule has 0 bridgehead atoms. The molecule has 3 aromatic carbocycles. The van der Waals surface area contributed by atoms with Gasteiger partial charge >= 0.3 is 6.09 Å². The first-order valence-electron chi connectivity index (χ1n) is 25.5. The molecule has 11 nitrogen and oxygen atoms in total. The maximum atomic E-state index is 15.2. The van der Waals surface area contributed by atoms with E-state index in [0.717, 1.165) is 73.6 Å². The van der Waals surface area contributed by atoms with Gasteiger partial charge in [-0.05, 0) is 97.9 Å². The number of halogens is 1. The molecule has 370 valence electrons. The fraction of sp³-hybridized carbons (Fsp3) is 0.554. The van der Waals surface area contributed by atoms with Gasteiger partial charge in [-0.3, -0.25) is 4.79 Å². The minimum Gasteiger partial charge on any atom is -0.459 e. The van der Waals surface area contributed by atoms with Crippen molar-refractivity contribution in [3.8, 4) is 11.5 Å². The van der Waals surface area contributed by atoms with Crippen LogP contribution in [0.4, 0.5) is 9.18 Å². The van der Waals surface area contributed by atoms with Crippen LogP contribution in [0.2, 0.25) is 0 Å². The number of allylic oxidation sites excluding steroid dienone is 1. The summed E-state index contributed by atoms with van der Waals surface area (Å²) in [5.41, 5.74) is 4.15. The average Bonchev–Trinajstić information content (AvgIpc) is 3.34. The molecule has 1 fully saturated rings. The number of aliphatic hydroxyl groups excluding tert-OH is 2. The van der Waals surface area contributed by atoms with E-state index in [9.17, 15) is 19.4 Å². The van der Waals surface area contributed by atoms with Crippen LogP contribution in [0.5, 0.6) is 11.5 Å². The molecule has 1 saturated carbocycles. The van der Waals surface area contributed by atoms with Gasteiger partial charge in [-0.25, -0.2) is 9.18 Å². The fourth-order valence-corrected chi connectivity index (χ4v) is 10.6. The van der Waals surface area contributed by atoms with Crippen molar-refractivity contribution in [3.63, 3.8) is 0 Å². The number of aliphatic hydroxyl groups is 2. The van der Waals surface area contributed by atoms with Crippen molar-refractivity contribution >= 4 is 17.7 Å². The Morgan fingerprint density at radius 1 is 0.882 bits per heavy atom. The number of oxime groups is 1. The van der Waals surface area contributed by atoms with Crippen LogP contribution in [0.25, 0.3) is 0 Å². The fourth-order valence-electron chi connectivity index (χ4n) is 10.6. The van der Waals surface area contributed by atoms with E-state index in [4.69, 9.17) is 24.2 Å². The smallest absolute Gasteiger partial charge is 0.412 e. The van der Waals surface area contributed by atoms with Crippen molar-refractivity contribution in [3.05, 3.63) is 120 Å². The summed E-state index contributed by atoms with van der Waals surface area (Å²) in [5, 5.41) is 27.7. The number of carbonyl (C=O) groups excluding carboxylic acids is 2. The van der Waals surface area contributed by atoms with Crippen LogP contribution in [-0.4, -0.2) is 71.0 Å². The number of carbonyl (C=O) groups is 2. The van der Waals surface area contributed by atoms with Crippen LogP contribution >= 0.6 is 0 Å². The van der Waals surface area contributed by atoms with Gasteiger partial charge in [0.1, 0.15) is 30.0 Å². The van der Waals surface area contributed by atoms with Crippen LogP contribution in [0, 0.1) is 23.6 Å². The molecule has 6 atom stereocenters. The first-order chi connectivity index (χ1) is 33.3. The Labute approximate surface area is 404 Å². The van der Waals surface area contributed by atoms with Crippen LogP contribution in [0.1, 0.15) is 146 Å². The summed E-state index contributed by atoms with van der Waals surface area (Å²) in [6, 6.07) is 20.9. The quantitative estimate of drug-likeness (QED) is 0.0355. The van der Waals surface area contributed by atoms with E-state index in [1.165, 1.54) is 44.2 Å². The molecule has 1 aliphatic heterocycles. The van der Waals surface area contributed by atoms with Gasteiger partial charge in [-0.15, -0.1) is 6.58 Å². The average molecular weight is 938 g/mol. The zero-order valence-electron chi connectivity index (χ0n) is 40.6. The molecule has 2 amide bonds. The monoisotopic (exact) mass is 938 g/mol. The summed E-state index contributed by atoms with van der Waals surface area (Å²) < 4.78 is 34.9. The zero-order chi connectivity index (χ0) is 48.1. The number of benzene rings is 3. The van der Waals surface area contributed by atoms with Crippen LogP contribution in [0.3, 0.4) is 0 Å². The molecule has 3 aliphatic rings. The van der Waals surface area contributed by atoms with E-state index in [0.29, 0.717) is 43.0 Å². The highest BCUT2D eigenvalue weighted by molar-refractivity contribution is 6.03. The van der Waals surface area contributed by atoms with Gasteiger partial charge < -0.3 is 39.5 Å². The first kappa shape index (κ1) is 52.3. The Kier molecular flexibility index (Phi) is 21.0. The molecule has 0 spiro atoms. The molecule has 3 aromatic rings. The van der Waals surface area contributed by atoms with Gasteiger partial charge in [0.25, 0.3) is 0 Å². The number of fused-ring (bicyclic) bond motifs is 2. The van der Waals surface area contributed by atoms with Crippen molar-refractivity contribution in [2.45, 2.75) is 154 Å². The second-order valence-electron chi connectivity index (χ2n) is 18.7. The topological polar surface area (TPSA) is 139 Å². The van der Waals surface area contributed by atoms with Gasteiger partial charge in [-0.1, -0.05) is 131 Å². The Bertz CT molecular complexity index is 2100. The van der Waals surface area contributed by atoms with Crippen molar-refractivity contribution in [1.29, 1.82) is 0 Å². The minimum atomic E-state index is -1.47. The van der Waals surface area contributed by atoms with Crippen LogP contribution in [-0.2, 0) is 27.5 Å². The first-order valence-corrected chi connectivity index (χ1v) is 25.5. The van der Waals surface area contributed by atoms with Gasteiger partial charge in [0.2, 0.25) is 11.7 Å². The highest BCUT2D eigenvalue weighted by Crippen LogP contribution is 2.62. The maximum Gasteiger partial charge on any atom is 0.412 e.